The van der Waals surface area contributed by atoms with Crippen molar-refractivity contribution >= 4 is 18.3 Å². The lowest BCUT2D eigenvalue weighted by molar-refractivity contribution is -0.138. The number of halogens is 2. The summed E-state index contributed by atoms with van der Waals surface area (Å²) in [5, 5.41) is 7.14. The molecule has 134 valence electrons. The maximum Gasteiger partial charge on any atom is 0.231 e. The van der Waals surface area contributed by atoms with Crippen LogP contribution in [0.1, 0.15) is 24.7 Å². The normalized spacial score (nSPS) is 20.7. The van der Waals surface area contributed by atoms with Crippen molar-refractivity contribution in [3.05, 3.63) is 36.0 Å². The summed E-state index contributed by atoms with van der Waals surface area (Å²) in [4.78, 5) is 18.8. The molecule has 1 unspecified atom stereocenters. The number of nitrogens with one attached hydrogen (secondary N) is 1. The number of benzene rings is 1. The van der Waals surface area contributed by atoms with Crippen molar-refractivity contribution in [2.45, 2.75) is 18.8 Å². The Bertz CT molecular complexity index is 733. The Morgan fingerprint density at radius 2 is 2.04 bits per heavy atom. The van der Waals surface area contributed by atoms with Crippen molar-refractivity contribution < 1.29 is 13.7 Å². The molecule has 2 saturated heterocycles. The molecule has 1 aromatic heterocycles. The molecule has 2 fully saturated rings. The molecule has 0 radical (unpaired) electrons. The molecule has 2 aromatic rings. The molecule has 2 aliphatic heterocycles. The SMILES string of the molecule is Cl.O=C(C1CNC1)N1CCCC(c2nc(-c3ccc(F)cc3)no2)C1. The second kappa shape index (κ2) is 7.49. The monoisotopic (exact) mass is 366 g/mol. The van der Waals surface area contributed by atoms with E-state index in [9.17, 15) is 9.18 Å². The van der Waals surface area contributed by atoms with Crippen LogP contribution in [0.25, 0.3) is 11.4 Å². The number of nitrogens with zero attached hydrogens (tertiary/aromatic N) is 3. The second-order valence-electron chi connectivity index (χ2n) is 6.44. The molecular formula is C17H20ClFN4O2. The van der Waals surface area contributed by atoms with E-state index < -0.39 is 0 Å². The van der Waals surface area contributed by atoms with Crippen LogP contribution in [0.3, 0.4) is 0 Å². The molecule has 2 aliphatic rings. The number of aromatic nitrogens is 2. The van der Waals surface area contributed by atoms with Gasteiger partial charge in [-0.15, -0.1) is 12.4 Å². The van der Waals surface area contributed by atoms with Crippen LogP contribution in [0.15, 0.2) is 28.8 Å². The number of amides is 1. The molecule has 1 atom stereocenters. The smallest absolute Gasteiger partial charge is 0.231 e. The first-order valence-electron chi connectivity index (χ1n) is 8.30. The highest BCUT2D eigenvalue weighted by Gasteiger charge is 2.34. The zero-order valence-corrected chi connectivity index (χ0v) is 14.5. The van der Waals surface area contributed by atoms with Gasteiger partial charge in [-0.2, -0.15) is 4.98 Å². The summed E-state index contributed by atoms with van der Waals surface area (Å²) >= 11 is 0. The highest BCUT2D eigenvalue weighted by molar-refractivity contribution is 5.85. The summed E-state index contributed by atoms with van der Waals surface area (Å²) < 4.78 is 18.4. The number of carbonyl (C=O) groups excluding carboxylic acids is 1. The Labute approximate surface area is 151 Å². The standard InChI is InChI=1S/C17H19FN4O2.ClH/c18-14-5-3-11(4-6-14)15-20-16(24-21-15)12-2-1-7-22(10-12)17(23)13-8-19-9-13;/h3-6,12-13,19H,1-2,7-10H2;1H. The predicted molar refractivity (Wildman–Crippen MR) is 91.9 cm³/mol. The molecule has 1 aromatic carbocycles. The van der Waals surface area contributed by atoms with Gasteiger partial charge in [0.05, 0.1) is 11.8 Å². The summed E-state index contributed by atoms with van der Waals surface area (Å²) in [5.74, 6) is 1.11. The summed E-state index contributed by atoms with van der Waals surface area (Å²) in [6.45, 7) is 2.97. The Morgan fingerprint density at radius 3 is 2.72 bits per heavy atom. The van der Waals surface area contributed by atoms with Gasteiger partial charge in [-0.1, -0.05) is 5.16 Å². The van der Waals surface area contributed by atoms with Crippen LogP contribution in [0.5, 0.6) is 0 Å². The quantitative estimate of drug-likeness (QED) is 0.901. The van der Waals surface area contributed by atoms with Gasteiger partial charge in [-0.3, -0.25) is 4.79 Å². The zero-order chi connectivity index (χ0) is 16.5. The van der Waals surface area contributed by atoms with Crippen LogP contribution in [-0.4, -0.2) is 47.1 Å². The molecule has 0 aliphatic carbocycles. The van der Waals surface area contributed by atoms with Crippen molar-refractivity contribution in [3.8, 4) is 11.4 Å². The van der Waals surface area contributed by atoms with Gasteiger partial charge in [0.25, 0.3) is 0 Å². The van der Waals surface area contributed by atoms with Crippen molar-refractivity contribution in [2.75, 3.05) is 26.2 Å². The number of piperidine rings is 1. The van der Waals surface area contributed by atoms with E-state index in [0.29, 0.717) is 18.3 Å². The lowest BCUT2D eigenvalue weighted by Crippen LogP contribution is -2.53. The molecule has 3 heterocycles. The molecular weight excluding hydrogens is 347 g/mol. The topological polar surface area (TPSA) is 71.3 Å². The number of likely N-dealkylation sites (tertiary alicyclic amines) is 1. The summed E-state index contributed by atoms with van der Waals surface area (Å²) in [6.07, 6.45) is 1.86. The molecule has 0 saturated carbocycles. The van der Waals surface area contributed by atoms with Crippen molar-refractivity contribution in [2.24, 2.45) is 5.92 Å². The number of carbonyl (C=O) groups is 1. The van der Waals surface area contributed by atoms with Crippen LogP contribution in [-0.2, 0) is 4.79 Å². The Hall–Kier alpha value is -1.99. The van der Waals surface area contributed by atoms with Crippen molar-refractivity contribution in [1.82, 2.24) is 20.4 Å². The summed E-state index contributed by atoms with van der Waals surface area (Å²) in [6, 6.07) is 6.01. The van der Waals surface area contributed by atoms with Crippen LogP contribution < -0.4 is 5.32 Å². The van der Waals surface area contributed by atoms with Gasteiger partial charge in [-0.25, -0.2) is 4.39 Å². The van der Waals surface area contributed by atoms with Gasteiger partial charge in [0.2, 0.25) is 17.6 Å². The molecule has 1 N–H and O–H groups in total. The largest absolute Gasteiger partial charge is 0.342 e. The lowest BCUT2D eigenvalue weighted by Gasteiger charge is -2.36. The van der Waals surface area contributed by atoms with Gasteiger partial charge < -0.3 is 14.7 Å². The Morgan fingerprint density at radius 1 is 1.28 bits per heavy atom. The third-order valence-corrected chi connectivity index (χ3v) is 4.76. The van der Waals surface area contributed by atoms with Crippen LogP contribution >= 0.6 is 12.4 Å². The predicted octanol–water partition coefficient (Wildman–Crippen LogP) is 2.22. The first kappa shape index (κ1) is 17.8. The Balaban J connectivity index is 0.00000182. The van der Waals surface area contributed by atoms with Gasteiger partial charge in [0.1, 0.15) is 5.82 Å². The minimum absolute atomic E-state index is 0. The molecule has 8 heteroatoms. The molecule has 6 nitrogen and oxygen atoms in total. The first-order chi connectivity index (χ1) is 11.7. The van der Waals surface area contributed by atoms with Gasteiger partial charge in [-0.05, 0) is 37.1 Å². The first-order valence-corrected chi connectivity index (χ1v) is 8.30. The van der Waals surface area contributed by atoms with Gasteiger partial charge >= 0.3 is 0 Å². The van der Waals surface area contributed by atoms with E-state index in [4.69, 9.17) is 4.52 Å². The second-order valence-corrected chi connectivity index (χ2v) is 6.44. The Kier molecular flexibility index (Phi) is 5.34. The van der Waals surface area contributed by atoms with Crippen LogP contribution in [0.4, 0.5) is 4.39 Å². The minimum atomic E-state index is -0.297. The third kappa shape index (κ3) is 3.67. The van der Waals surface area contributed by atoms with E-state index >= 15 is 0 Å². The number of hydrogen-bond donors (Lipinski definition) is 1. The summed E-state index contributed by atoms with van der Waals surface area (Å²) in [5.41, 5.74) is 0.718. The fourth-order valence-electron chi connectivity index (χ4n) is 3.22. The summed E-state index contributed by atoms with van der Waals surface area (Å²) in [7, 11) is 0. The van der Waals surface area contributed by atoms with E-state index in [1.54, 1.807) is 12.1 Å². The molecule has 0 spiro atoms. The molecule has 25 heavy (non-hydrogen) atoms. The fourth-order valence-corrected chi connectivity index (χ4v) is 3.22. The van der Waals surface area contributed by atoms with Crippen LogP contribution in [0, 0.1) is 11.7 Å². The fraction of sp³-hybridized carbons (Fsp3) is 0.471. The molecule has 1 amide bonds. The van der Waals surface area contributed by atoms with E-state index in [0.717, 1.165) is 38.0 Å². The molecule has 4 rings (SSSR count). The average molecular weight is 367 g/mol. The maximum atomic E-state index is 13.0. The maximum absolute atomic E-state index is 13.0. The van der Waals surface area contributed by atoms with E-state index in [1.807, 2.05) is 4.90 Å². The molecule has 0 bridgehead atoms. The average Bonchev–Trinajstić information content (AvgIpc) is 3.04. The highest BCUT2D eigenvalue weighted by Crippen LogP contribution is 2.28. The number of rotatable bonds is 3. The van der Waals surface area contributed by atoms with Crippen LogP contribution in [0.2, 0.25) is 0 Å². The number of hydrogen-bond acceptors (Lipinski definition) is 5. The zero-order valence-electron chi connectivity index (χ0n) is 13.7. The minimum Gasteiger partial charge on any atom is -0.342 e. The van der Waals surface area contributed by atoms with Gasteiger partial charge in [0, 0.05) is 31.7 Å². The van der Waals surface area contributed by atoms with E-state index in [2.05, 4.69) is 15.5 Å². The lowest BCUT2D eigenvalue weighted by atomic mass is 9.95. The van der Waals surface area contributed by atoms with E-state index in [-0.39, 0.29) is 36.0 Å². The third-order valence-electron chi connectivity index (χ3n) is 4.76. The van der Waals surface area contributed by atoms with Crippen molar-refractivity contribution in [3.63, 3.8) is 0 Å². The van der Waals surface area contributed by atoms with E-state index in [1.165, 1.54) is 12.1 Å². The highest BCUT2D eigenvalue weighted by atomic mass is 35.5. The van der Waals surface area contributed by atoms with Crippen molar-refractivity contribution in [1.29, 1.82) is 0 Å². The van der Waals surface area contributed by atoms with Gasteiger partial charge in [0.15, 0.2) is 0 Å².